The SMILES string of the molecule is c1cc2ncn(C3CC3)c2nc1Cn1cnc(C2COC2)c1C1CC1. The summed E-state index contributed by atoms with van der Waals surface area (Å²) >= 11 is 0. The Morgan fingerprint density at radius 3 is 2.60 bits per heavy atom. The molecule has 0 spiro atoms. The molecule has 6 heteroatoms. The topological polar surface area (TPSA) is 57.8 Å². The molecule has 0 radical (unpaired) electrons. The van der Waals surface area contributed by atoms with E-state index in [-0.39, 0.29) is 0 Å². The lowest BCUT2D eigenvalue weighted by Gasteiger charge is -2.25. The molecule has 0 atom stereocenters. The minimum absolute atomic E-state index is 0.489. The molecule has 0 unspecified atom stereocenters. The van der Waals surface area contributed by atoms with Gasteiger partial charge in [0.15, 0.2) is 5.65 Å². The van der Waals surface area contributed by atoms with Crippen LogP contribution in [0.4, 0.5) is 0 Å². The molecule has 1 aliphatic heterocycles. The molecule has 3 aromatic heterocycles. The molecule has 128 valence electrons. The maximum absolute atomic E-state index is 5.38. The normalized spacial score (nSPS) is 21.0. The van der Waals surface area contributed by atoms with Crippen LogP contribution in [-0.4, -0.2) is 37.3 Å². The highest BCUT2D eigenvalue weighted by molar-refractivity contribution is 5.71. The molecular formula is C19H21N5O. The van der Waals surface area contributed by atoms with Crippen molar-refractivity contribution in [3.8, 4) is 0 Å². The lowest BCUT2D eigenvalue weighted by Crippen LogP contribution is -2.26. The maximum Gasteiger partial charge on any atom is 0.160 e. The zero-order chi connectivity index (χ0) is 16.4. The number of nitrogens with zero attached hydrogens (tertiary/aromatic N) is 5. The van der Waals surface area contributed by atoms with Crippen LogP contribution in [0.15, 0.2) is 24.8 Å². The van der Waals surface area contributed by atoms with E-state index in [4.69, 9.17) is 14.7 Å². The van der Waals surface area contributed by atoms with Crippen LogP contribution in [0, 0.1) is 0 Å². The van der Waals surface area contributed by atoms with Gasteiger partial charge >= 0.3 is 0 Å². The van der Waals surface area contributed by atoms with Crippen LogP contribution in [0.2, 0.25) is 0 Å². The predicted molar refractivity (Wildman–Crippen MR) is 92.7 cm³/mol. The second-order valence-corrected chi connectivity index (χ2v) is 7.68. The molecule has 0 N–H and O–H groups in total. The van der Waals surface area contributed by atoms with Crippen molar-refractivity contribution in [2.45, 2.75) is 50.1 Å². The van der Waals surface area contributed by atoms with E-state index in [9.17, 15) is 0 Å². The summed E-state index contributed by atoms with van der Waals surface area (Å²) < 4.78 is 9.94. The fourth-order valence-corrected chi connectivity index (χ4v) is 3.87. The third-order valence-corrected chi connectivity index (χ3v) is 5.65. The molecule has 3 aliphatic rings. The van der Waals surface area contributed by atoms with E-state index >= 15 is 0 Å². The predicted octanol–water partition coefficient (Wildman–Crippen LogP) is 3.00. The number of hydrogen-bond acceptors (Lipinski definition) is 4. The van der Waals surface area contributed by atoms with E-state index in [0.717, 1.165) is 36.6 Å². The summed E-state index contributed by atoms with van der Waals surface area (Å²) in [6, 6.07) is 4.81. The van der Waals surface area contributed by atoms with Gasteiger partial charge in [0.2, 0.25) is 0 Å². The van der Waals surface area contributed by atoms with Gasteiger partial charge in [-0.05, 0) is 37.8 Å². The van der Waals surface area contributed by atoms with Crippen LogP contribution < -0.4 is 0 Å². The molecule has 2 aliphatic carbocycles. The second kappa shape index (κ2) is 5.14. The van der Waals surface area contributed by atoms with E-state index in [1.54, 1.807) is 0 Å². The van der Waals surface area contributed by atoms with Gasteiger partial charge in [-0.15, -0.1) is 0 Å². The highest BCUT2D eigenvalue weighted by Crippen LogP contribution is 2.44. The van der Waals surface area contributed by atoms with Crippen LogP contribution in [0.5, 0.6) is 0 Å². The summed E-state index contributed by atoms with van der Waals surface area (Å²) in [7, 11) is 0. The first-order valence-electron chi connectivity index (χ1n) is 9.32. The maximum atomic E-state index is 5.38. The molecule has 3 aromatic rings. The molecule has 0 aromatic carbocycles. The Morgan fingerprint density at radius 1 is 1.00 bits per heavy atom. The van der Waals surface area contributed by atoms with Gasteiger partial charge in [0.1, 0.15) is 5.52 Å². The van der Waals surface area contributed by atoms with Crippen molar-refractivity contribution in [3.63, 3.8) is 0 Å². The first kappa shape index (κ1) is 14.0. The largest absolute Gasteiger partial charge is 0.380 e. The fourth-order valence-electron chi connectivity index (χ4n) is 3.87. The van der Waals surface area contributed by atoms with Crippen LogP contribution in [0.1, 0.15) is 60.6 Å². The summed E-state index contributed by atoms with van der Waals surface area (Å²) in [4.78, 5) is 14.2. The Hall–Kier alpha value is -2.21. The Kier molecular flexibility index (Phi) is 2.88. The molecule has 0 bridgehead atoms. The third-order valence-electron chi connectivity index (χ3n) is 5.65. The van der Waals surface area contributed by atoms with Gasteiger partial charge in [-0.25, -0.2) is 15.0 Å². The number of imidazole rings is 2. The Morgan fingerprint density at radius 2 is 1.88 bits per heavy atom. The lowest BCUT2D eigenvalue weighted by molar-refractivity contribution is 0.00644. The molecule has 2 saturated carbocycles. The van der Waals surface area contributed by atoms with Gasteiger partial charge in [-0.1, -0.05) is 0 Å². The number of rotatable bonds is 5. The summed E-state index contributed by atoms with van der Waals surface area (Å²) in [5, 5.41) is 0. The smallest absolute Gasteiger partial charge is 0.160 e. The van der Waals surface area contributed by atoms with Gasteiger partial charge in [-0.3, -0.25) is 0 Å². The monoisotopic (exact) mass is 335 g/mol. The average Bonchev–Trinajstić information content (AvgIpc) is 3.50. The van der Waals surface area contributed by atoms with Crippen molar-refractivity contribution in [1.82, 2.24) is 24.1 Å². The van der Waals surface area contributed by atoms with Gasteiger partial charge in [0.05, 0.1) is 43.8 Å². The summed E-state index contributed by atoms with van der Waals surface area (Å²) in [6.45, 7) is 2.43. The Balaban J connectivity index is 1.36. The second-order valence-electron chi connectivity index (χ2n) is 7.68. The Labute approximate surface area is 145 Å². The zero-order valence-electron chi connectivity index (χ0n) is 14.1. The zero-order valence-corrected chi connectivity index (χ0v) is 14.1. The molecule has 1 saturated heterocycles. The van der Waals surface area contributed by atoms with E-state index in [2.05, 4.69) is 26.3 Å². The van der Waals surface area contributed by atoms with Crippen molar-refractivity contribution in [2.75, 3.05) is 13.2 Å². The molecule has 4 heterocycles. The molecule has 3 fully saturated rings. The number of pyridine rings is 1. The molecule has 25 heavy (non-hydrogen) atoms. The van der Waals surface area contributed by atoms with Crippen LogP contribution in [-0.2, 0) is 11.3 Å². The number of hydrogen-bond donors (Lipinski definition) is 0. The van der Waals surface area contributed by atoms with Crippen LogP contribution >= 0.6 is 0 Å². The van der Waals surface area contributed by atoms with Crippen molar-refractivity contribution >= 4 is 11.2 Å². The van der Waals surface area contributed by atoms with Crippen LogP contribution in [0.3, 0.4) is 0 Å². The van der Waals surface area contributed by atoms with E-state index in [1.165, 1.54) is 37.1 Å². The average molecular weight is 335 g/mol. The van der Waals surface area contributed by atoms with Crippen molar-refractivity contribution in [3.05, 3.63) is 41.9 Å². The van der Waals surface area contributed by atoms with Crippen molar-refractivity contribution in [1.29, 1.82) is 0 Å². The summed E-state index contributed by atoms with van der Waals surface area (Å²) in [5.74, 6) is 1.17. The number of fused-ring (bicyclic) bond motifs is 1. The quantitative estimate of drug-likeness (QED) is 0.719. The molecular weight excluding hydrogens is 314 g/mol. The standard InChI is InChI=1S/C19H21N5O/c1-2-12(1)18-17(13-8-25-9-13)21-10-23(18)7-14-3-6-16-19(22-14)24(11-20-16)15-4-5-15/h3,6,10-13,15H,1-2,4-5,7-9H2. The van der Waals surface area contributed by atoms with Gasteiger partial charge in [0, 0.05) is 23.6 Å². The van der Waals surface area contributed by atoms with E-state index in [0.29, 0.717) is 17.9 Å². The first-order chi connectivity index (χ1) is 12.4. The van der Waals surface area contributed by atoms with Gasteiger partial charge in [0.25, 0.3) is 0 Å². The minimum Gasteiger partial charge on any atom is -0.380 e. The van der Waals surface area contributed by atoms with E-state index < -0.39 is 0 Å². The molecule has 6 rings (SSSR count). The Bertz CT molecular complexity index is 946. The third kappa shape index (κ3) is 2.31. The fraction of sp³-hybridized carbons (Fsp3) is 0.526. The molecule has 6 nitrogen and oxygen atoms in total. The number of ether oxygens (including phenoxy) is 1. The molecule has 0 amide bonds. The highest BCUT2D eigenvalue weighted by Gasteiger charge is 2.35. The van der Waals surface area contributed by atoms with Crippen molar-refractivity contribution < 1.29 is 4.74 Å². The minimum atomic E-state index is 0.489. The highest BCUT2D eigenvalue weighted by atomic mass is 16.5. The number of aromatic nitrogens is 5. The summed E-state index contributed by atoms with van der Waals surface area (Å²) in [6.07, 6.45) is 9.02. The van der Waals surface area contributed by atoms with Crippen molar-refractivity contribution in [2.24, 2.45) is 0 Å². The van der Waals surface area contributed by atoms with Crippen LogP contribution in [0.25, 0.3) is 11.2 Å². The van der Waals surface area contributed by atoms with E-state index in [1.807, 2.05) is 12.7 Å². The van der Waals surface area contributed by atoms with Gasteiger partial charge in [-0.2, -0.15) is 0 Å². The summed E-state index contributed by atoms with van der Waals surface area (Å²) in [5.41, 5.74) is 5.80. The van der Waals surface area contributed by atoms with Gasteiger partial charge < -0.3 is 13.9 Å². The lowest BCUT2D eigenvalue weighted by atomic mass is 10.0. The first-order valence-corrected chi connectivity index (χ1v) is 9.32.